The summed E-state index contributed by atoms with van der Waals surface area (Å²) in [5.74, 6) is -0.303. The number of nitrogens with zero attached hydrogens (tertiary/aromatic N) is 1. The topological polar surface area (TPSA) is 91.3 Å². The van der Waals surface area contributed by atoms with E-state index in [2.05, 4.69) is 13.8 Å². The Balaban J connectivity index is 4.02. The van der Waals surface area contributed by atoms with Gasteiger partial charge in [-0.15, -0.1) is 0 Å². The molecule has 0 saturated heterocycles. The van der Waals surface area contributed by atoms with Crippen LogP contribution in [-0.4, -0.2) is 75.6 Å². The van der Waals surface area contributed by atoms with E-state index in [-0.39, 0.29) is 25.8 Å². The minimum atomic E-state index is -4.27. The molecule has 384 valence electrons. The summed E-state index contributed by atoms with van der Waals surface area (Å²) >= 11 is 0. The third-order valence-electron chi connectivity index (χ3n) is 12.9. The van der Waals surface area contributed by atoms with Crippen molar-refractivity contribution in [3.63, 3.8) is 0 Å². The number of likely N-dealkylation sites (N-methyl/N-ethyl adjacent to an activating group) is 1. The number of unbranched alkanes of at least 4 members (excludes halogenated alkanes) is 40. The van der Waals surface area contributed by atoms with Gasteiger partial charge in [-0.25, -0.2) is 4.57 Å². The van der Waals surface area contributed by atoms with Gasteiger partial charge in [-0.05, 0) is 12.8 Å². The summed E-state index contributed by atoms with van der Waals surface area (Å²) in [7, 11) is 1.69. The lowest BCUT2D eigenvalue weighted by atomic mass is 10.0. The second kappa shape index (κ2) is 48.9. The second-order valence-corrected chi connectivity index (χ2v) is 22.1. The first-order chi connectivity index (χ1) is 31.1. The van der Waals surface area contributed by atoms with Crippen molar-refractivity contribution in [1.29, 1.82) is 0 Å². The highest BCUT2D eigenvalue weighted by Crippen LogP contribution is 2.43. The van der Waals surface area contributed by atoms with Crippen LogP contribution in [0.4, 0.5) is 0 Å². The average Bonchev–Trinajstić information content (AvgIpc) is 3.25. The van der Waals surface area contributed by atoms with Crippen LogP contribution in [0.15, 0.2) is 0 Å². The van der Waals surface area contributed by atoms with Gasteiger partial charge in [0.2, 0.25) is 0 Å². The standard InChI is InChI=1S/C55H112NO7P/c1-6-8-10-12-14-16-18-20-22-24-26-28-29-30-32-34-36-38-40-42-44-46-48-55(57)63-54(53-62-64(58,59)61-51-49-56(3,4)5)52-60-50-47-45-43-41-39-37-35-33-31-27-25-23-21-19-17-15-13-11-9-7-2/h54H,6-53H2,1-5H3/p+1/t54-/m1/s1. The third kappa shape index (κ3) is 52.5. The van der Waals surface area contributed by atoms with Crippen LogP contribution in [0.5, 0.6) is 0 Å². The molecule has 1 unspecified atom stereocenters. The predicted molar refractivity (Wildman–Crippen MR) is 275 cm³/mol. The van der Waals surface area contributed by atoms with E-state index in [4.69, 9.17) is 18.5 Å². The number of rotatable bonds is 54. The Labute approximate surface area is 399 Å². The van der Waals surface area contributed by atoms with Gasteiger partial charge in [0.05, 0.1) is 34.4 Å². The number of ether oxygens (including phenoxy) is 2. The van der Waals surface area contributed by atoms with Crippen LogP contribution in [0.2, 0.25) is 0 Å². The van der Waals surface area contributed by atoms with Crippen molar-refractivity contribution in [2.45, 2.75) is 296 Å². The molecule has 0 radical (unpaired) electrons. The fraction of sp³-hybridized carbons (Fsp3) is 0.982. The monoisotopic (exact) mass is 931 g/mol. The van der Waals surface area contributed by atoms with Crippen molar-refractivity contribution in [2.24, 2.45) is 0 Å². The summed E-state index contributed by atoms with van der Waals surface area (Å²) < 4.78 is 35.3. The van der Waals surface area contributed by atoms with Crippen LogP contribution in [0.3, 0.4) is 0 Å². The van der Waals surface area contributed by atoms with Gasteiger partial charge >= 0.3 is 13.8 Å². The molecule has 1 N–H and O–H groups in total. The number of hydrogen-bond acceptors (Lipinski definition) is 6. The van der Waals surface area contributed by atoms with Gasteiger partial charge in [-0.2, -0.15) is 0 Å². The Morgan fingerprint density at radius 1 is 0.422 bits per heavy atom. The molecule has 0 aliphatic heterocycles. The number of hydrogen-bond donors (Lipinski definition) is 1. The van der Waals surface area contributed by atoms with Gasteiger partial charge in [0, 0.05) is 13.0 Å². The zero-order chi connectivity index (χ0) is 46.9. The maximum absolute atomic E-state index is 12.8. The quantitative estimate of drug-likeness (QED) is 0.0281. The van der Waals surface area contributed by atoms with Crippen molar-refractivity contribution < 1.29 is 37.3 Å². The average molecular weight is 931 g/mol. The lowest BCUT2D eigenvalue weighted by Crippen LogP contribution is -2.37. The van der Waals surface area contributed by atoms with E-state index in [0.717, 1.165) is 32.1 Å². The molecule has 0 aliphatic rings. The van der Waals surface area contributed by atoms with Crippen molar-refractivity contribution in [2.75, 3.05) is 54.1 Å². The van der Waals surface area contributed by atoms with E-state index < -0.39 is 13.9 Å². The highest BCUT2D eigenvalue weighted by molar-refractivity contribution is 7.47. The van der Waals surface area contributed by atoms with Crippen molar-refractivity contribution >= 4 is 13.8 Å². The Morgan fingerprint density at radius 3 is 1.03 bits per heavy atom. The van der Waals surface area contributed by atoms with E-state index in [1.165, 1.54) is 238 Å². The third-order valence-corrected chi connectivity index (χ3v) is 13.9. The number of quaternary nitrogens is 1. The SMILES string of the molecule is CCCCCCCCCCCCCCCCCCCCCCCCC(=O)O[C@H](COCCCCCCCCCCCCCCCCCCCCCC)COP(=O)(O)OCC[N+](C)(C)C. The van der Waals surface area contributed by atoms with Gasteiger partial charge in [0.25, 0.3) is 0 Å². The molecule has 0 aromatic heterocycles. The number of esters is 1. The number of carbonyl (C=O) groups is 1. The smallest absolute Gasteiger partial charge is 0.457 e. The maximum Gasteiger partial charge on any atom is 0.472 e. The van der Waals surface area contributed by atoms with E-state index in [1.54, 1.807) is 0 Å². The van der Waals surface area contributed by atoms with E-state index in [1.807, 2.05) is 21.1 Å². The predicted octanol–water partition coefficient (Wildman–Crippen LogP) is 17.6. The zero-order valence-corrected chi connectivity index (χ0v) is 44.7. The first kappa shape index (κ1) is 63.5. The van der Waals surface area contributed by atoms with Gasteiger partial charge in [0.1, 0.15) is 19.3 Å². The summed E-state index contributed by atoms with van der Waals surface area (Å²) in [6.07, 6.45) is 55.9. The Kier molecular flexibility index (Phi) is 48.6. The summed E-state index contributed by atoms with van der Waals surface area (Å²) in [6, 6.07) is 0. The Hall–Kier alpha value is -0.500. The molecule has 0 aromatic carbocycles. The molecule has 8 nitrogen and oxygen atoms in total. The summed E-state index contributed by atoms with van der Waals surface area (Å²) in [6.45, 7) is 5.72. The molecule has 0 amide bonds. The van der Waals surface area contributed by atoms with Crippen LogP contribution >= 0.6 is 7.82 Å². The molecule has 0 aliphatic carbocycles. The van der Waals surface area contributed by atoms with Gasteiger partial charge in [-0.3, -0.25) is 13.8 Å². The molecule has 2 atom stereocenters. The van der Waals surface area contributed by atoms with Crippen LogP contribution in [-0.2, 0) is 27.9 Å². The lowest BCUT2D eigenvalue weighted by molar-refractivity contribution is -0.870. The number of phosphoric acid groups is 1. The van der Waals surface area contributed by atoms with Crippen LogP contribution in [0, 0.1) is 0 Å². The van der Waals surface area contributed by atoms with Gasteiger partial charge < -0.3 is 18.9 Å². The van der Waals surface area contributed by atoms with E-state index >= 15 is 0 Å². The lowest BCUT2D eigenvalue weighted by Gasteiger charge is -2.24. The van der Waals surface area contributed by atoms with E-state index in [0.29, 0.717) is 24.1 Å². The van der Waals surface area contributed by atoms with Crippen molar-refractivity contribution in [1.82, 2.24) is 0 Å². The summed E-state index contributed by atoms with van der Waals surface area (Å²) in [5, 5.41) is 0. The molecular formula is C55H113NO7P+. The molecular weight excluding hydrogens is 818 g/mol. The number of phosphoric ester groups is 1. The van der Waals surface area contributed by atoms with Crippen LogP contribution < -0.4 is 0 Å². The fourth-order valence-corrected chi connectivity index (χ4v) is 9.30. The van der Waals surface area contributed by atoms with E-state index in [9.17, 15) is 14.3 Å². The molecule has 0 rings (SSSR count). The Bertz CT molecular complexity index is 992. The molecule has 64 heavy (non-hydrogen) atoms. The molecule has 9 heteroatoms. The second-order valence-electron chi connectivity index (χ2n) is 20.7. The van der Waals surface area contributed by atoms with Gasteiger partial charge in [0.15, 0.2) is 0 Å². The highest BCUT2D eigenvalue weighted by Gasteiger charge is 2.26. The highest BCUT2D eigenvalue weighted by atomic mass is 31.2. The van der Waals surface area contributed by atoms with Crippen LogP contribution in [0.1, 0.15) is 290 Å². The van der Waals surface area contributed by atoms with Crippen LogP contribution in [0.25, 0.3) is 0 Å². The maximum atomic E-state index is 12.8. The molecule has 0 bridgehead atoms. The summed E-state index contributed by atoms with van der Waals surface area (Å²) in [4.78, 5) is 23.1. The molecule has 0 aromatic rings. The zero-order valence-electron chi connectivity index (χ0n) is 43.8. The first-order valence-electron chi connectivity index (χ1n) is 28.3. The fourth-order valence-electron chi connectivity index (χ4n) is 8.56. The molecule has 0 heterocycles. The summed E-state index contributed by atoms with van der Waals surface area (Å²) in [5.41, 5.74) is 0. The normalized spacial score (nSPS) is 13.4. The Morgan fingerprint density at radius 2 is 0.719 bits per heavy atom. The molecule has 0 fully saturated rings. The van der Waals surface area contributed by atoms with Crippen molar-refractivity contribution in [3.8, 4) is 0 Å². The minimum absolute atomic E-state index is 0.0944. The largest absolute Gasteiger partial charge is 0.472 e. The molecule has 0 spiro atoms. The van der Waals surface area contributed by atoms with Gasteiger partial charge in [-0.1, -0.05) is 271 Å². The molecule has 0 saturated carbocycles. The number of carbonyl (C=O) groups excluding carboxylic acids is 1. The first-order valence-corrected chi connectivity index (χ1v) is 29.8. The van der Waals surface area contributed by atoms with Crippen molar-refractivity contribution in [3.05, 3.63) is 0 Å². The minimum Gasteiger partial charge on any atom is -0.457 e.